The largest absolute Gasteiger partial charge is 0.494 e. The molecular formula is C17H25N3O. The third kappa shape index (κ3) is 6.00. The van der Waals surface area contributed by atoms with E-state index >= 15 is 0 Å². The summed E-state index contributed by atoms with van der Waals surface area (Å²) in [6.07, 6.45) is 4.98. The first-order chi connectivity index (χ1) is 10.2. The molecule has 0 aliphatic rings. The monoisotopic (exact) mass is 287 g/mol. The number of nitrogens with one attached hydrogen (secondary N) is 1. The highest BCUT2D eigenvalue weighted by atomic mass is 16.5. The van der Waals surface area contributed by atoms with Crippen molar-refractivity contribution in [1.82, 2.24) is 14.9 Å². The van der Waals surface area contributed by atoms with E-state index in [1.54, 1.807) is 0 Å². The van der Waals surface area contributed by atoms with E-state index in [4.69, 9.17) is 4.74 Å². The number of aromatic nitrogens is 2. The van der Waals surface area contributed by atoms with Gasteiger partial charge in [-0.2, -0.15) is 0 Å². The Morgan fingerprint density at radius 2 is 2.05 bits per heavy atom. The van der Waals surface area contributed by atoms with E-state index in [9.17, 15) is 0 Å². The standard InChI is InChI=1S/C17H25N3O/c1-15(2)11-18-12-16-13-20(14-19-16)9-6-10-21-17-7-4-3-5-8-17/h3-5,7-8,13-15,18H,6,9-12H2,1-2H3. The van der Waals surface area contributed by atoms with Crippen molar-refractivity contribution in [2.45, 2.75) is 33.4 Å². The minimum atomic E-state index is 0.669. The Hall–Kier alpha value is -1.81. The maximum atomic E-state index is 5.68. The lowest BCUT2D eigenvalue weighted by molar-refractivity contribution is 0.301. The molecule has 114 valence electrons. The summed E-state index contributed by atoms with van der Waals surface area (Å²) < 4.78 is 7.81. The van der Waals surface area contributed by atoms with Gasteiger partial charge in [0.25, 0.3) is 0 Å². The second-order valence-corrected chi connectivity index (χ2v) is 5.64. The molecule has 21 heavy (non-hydrogen) atoms. The highest BCUT2D eigenvalue weighted by Crippen LogP contribution is 2.08. The summed E-state index contributed by atoms with van der Waals surface area (Å²) in [5.74, 6) is 1.60. The number of nitrogens with zero attached hydrogens (tertiary/aromatic N) is 2. The predicted octanol–water partition coefficient (Wildman–Crippen LogP) is 3.10. The van der Waals surface area contributed by atoms with E-state index < -0.39 is 0 Å². The number of imidazole rings is 1. The van der Waals surface area contributed by atoms with E-state index in [0.29, 0.717) is 5.92 Å². The molecule has 0 aliphatic heterocycles. The van der Waals surface area contributed by atoms with Crippen LogP contribution in [0.15, 0.2) is 42.9 Å². The molecular weight excluding hydrogens is 262 g/mol. The fourth-order valence-corrected chi connectivity index (χ4v) is 2.06. The zero-order chi connectivity index (χ0) is 14.9. The molecule has 0 aliphatic carbocycles. The Morgan fingerprint density at radius 1 is 1.24 bits per heavy atom. The molecule has 0 fully saturated rings. The summed E-state index contributed by atoms with van der Waals surface area (Å²) in [5.41, 5.74) is 1.10. The molecule has 2 aromatic rings. The summed E-state index contributed by atoms with van der Waals surface area (Å²) in [4.78, 5) is 4.41. The van der Waals surface area contributed by atoms with Gasteiger partial charge in [0, 0.05) is 19.3 Å². The van der Waals surface area contributed by atoms with E-state index in [1.165, 1.54) is 0 Å². The molecule has 4 heteroatoms. The van der Waals surface area contributed by atoms with Crippen LogP contribution >= 0.6 is 0 Å². The van der Waals surface area contributed by atoms with Crippen LogP contribution in [-0.4, -0.2) is 22.7 Å². The van der Waals surface area contributed by atoms with Crippen molar-refractivity contribution in [3.63, 3.8) is 0 Å². The van der Waals surface area contributed by atoms with Gasteiger partial charge in [0.15, 0.2) is 0 Å². The highest BCUT2D eigenvalue weighted by Gasteiger charge is 2.00. The van der Waals surface area contributed by atoms with Crippen LogP contribution in [0.2, 0.25) is 0 Å². The van der Waals surface area contributed by atoms with Crippen LogP contribution in [0.3, 0.4) is 0 Å². The zero-order valence-electron chi connectivity index (χ0n) is 13.0. The molecule has 1 heterocycles. The molecule has 0 amide bonds. The van der Waals surface area contributed by atoms with Gasteiger partial charge in [-0.1, -0.05) is 32.0 Å². The van der Waals surface area contributed by atoms with Crippen molar-refractivity contribution >= 4 is 0 Å². The molecule has 0 radical (unpaired) electrons. The third-order valence-electron chi connectivity index (χ3n) is 3.12. The van der Waals surface area contributed by atoms with Crippen LogP contribution < -0.4 is 10.1 Å². The number of hydrogen-bond acceptors (Lipinski definition) is 3. The molecule has 0 saturated heterocycles. The Morgan fingerprint density at radius 3 is 2.81 bits per heavy atom. The Balaban J connectivity index is 1.63. The molecule has 2 rings (SSSR count). The maximum absolute atomic E-state index is 5.68. The molecule has 1 aromatic carbocycles. The average molecular weight is 287 g/mol. The highest BCUT2D eigenvalue weighted by molar-refractivity contribution is 5.20. The fourth-order valence-electron chi connectivity index (χ4n) is 2.06. The Bertz CT molecular complexity index is 508. The van der Waals surface area contributed by atoms with Crippen molar-refractivity contribution in [1.29, 1.82) is 0 Å². The van der Waals surface area contributed by atoms with Crippen molar-refractivity contribution in [2.75, 3.05) is 13.2 Å². The zero-order valence-corrected chi connectivity index (χ0v) is 13.0. The minimum absolute atomic E-state index is 0.669. The van der Waals surface area contributed by atoms with Gasteiger partial charge in [0.2, 0.25) is 0 Å². The minimum Gasteiger partial charge on any atom is -0.494 e. The average Bonchev–Trinajstić information content (AvgIpc) is 2.92. The normalized spacial score (nSPS) is 11.0. The molecule has 1 N–H and O–H groups in total. The van der Waals surface area contributed by atoms with Crippen LogP contribution in [0.1, 0.15) is 26.0 Å². The fraction of sp³-hybridized carbons (Fsp3) is 0.471. The number of hydrogen-bond donors (Lipinski definition) is 1. The van der Waals surface area contributed by atoms with Gasteiger partial charge in [-0.15, -0.1) is 0 Å². The molecule has 0 unspecified atom stereocenters. The van der Waals surface area contributed by atoms with Gasteiger partial charge < -0.3 is 14.6 Å². The topological polar surface area (TPSA) is 39.1 Å². The smallest absolute Gasteiger partial charge is 0.119 e. The summed E-state index contributed by atoms with van der Waals surface area (Å²) in [6, 6.07) is 9.93. The predicted molar refractivity (Wildman–Crippen MR) is 85.3 cm³/mol. The Kier molecular flexibility index (Phi) is 6.28. The number of ether oxygens (including phenoxy) is 1. The van der Waals surface area contributed by atoms with Gasteiger partial charge in [-0.05, 0) is 31.0 Å². The van der Waals surface area contributed by atoms with Crippen LogP contribution in [0.4, 0.5) is 0 Å². The molecule has 0 bridgehead atoms. The van der Waals surface area contributed by atoms with E-state index in [1.807, 2.05) is 36.7 Å². The van der Waals surface area contributed by atoms with Crippen molar-refractivity contribution in [2.24, 2.45) is 5.92 Å². The van der Waals surface area contributed by atoms with Crippen molar-refractivity contribution < 1.29 is 4.74 Å². The lowest BCUT2D eigenvalue weighted by atomic mass is 10.2. The van der Waals surface area contributed by atoms with Gasteiger partial charge in [0.05, 0.1) is 18.6 Å². The molecule has 0 spiro atoms. The van der Waals surface area contributed by atoms with Gasteiger partial charge in [-0.25, -0.2) is 4.98 Å². The second-order valence-electron chi connectivity index (χ2n) is 5.64. The van der Waals surface area contributed by atoms with E-state index in [-0.39, 0.29) is 0 Å². The number of benzene rings is 1. The third-order valence-corrected chi connectivity index (χ3v) is 3.12. The first-order valence-electron chi connectivity index (χ1n) is 7.63. The molecule has 1 aromatic heterocycles. The van der Waals surface area contributed by atoms with E-state index in [0.717, 1.165) is 44.1 Å². The lowest BCUT2D eigenvalue weighted by Gasteiger charge is -2.06. The second kappa shape index (κ2) is 8.47. The molecule has 0 atom stereocenters. The summed E-state index contributed by atoms with van der Waals surface area (Å²) in [5, 5.41) is 3.40. The molecule has 4 nitrogen and oxygen atoms in total. The SMILES string of the molecule is CC(C)CNCc1cn(CCCOc2ccccc2)cn1. The first kappa shape index (κ1) is 15.6. The van der Waals surface area contributed by atoms with Gasteiger partial charge >= 0.3 is 0 Å². The summed E-state index contributed by atoms with van der Waals surface area (Å²) in [7, 11) is 0. The Labute approximate surface area is 127 Å². The van der Waals surface area contributed by atoms with Crippen LogP contribution in [0, 0.1) is 5.92 Å². The van der Waals surface area contributed by atoms with Crippen LogP contribution in [0.5, 0.6) is 5.75 Å². The van der Waals surface area contributed by atoms with Crippen molar-refractivity contribution in [3.8, 4) is 5.75 Å². The van der Waals surface area contributed by atoms with Crippen LogP contribution in [0.25, 0.3) is 0 Å². The number of para-hydroxylation sites is 1. The van der Waals surface area contributed by atoms with Gasteiger partial charge in [-0.3, -0.25) is 0 Å². The lowest BCUT2D eigenvalue weighted by Crippen LogP contribution is -2.19. The van der Waals surface area contributed by atoms with E-state index in [2.05, 4.69) is 34.9 Å². The van der Waals surface area contributed by atoms with Crippen molar-refractivity contribution in [3.05, 3.63) is 48.5 Å². The maximum Gasteiger partial charge on any atom is 0.119 e. The summed E-state index contributed by atoms with van der Waals surface area (Å²) in [6.45, 7) is 7.94. The first-order valence-corrected chi connectivity index (χ1v) is 7.63. The molecule has 0 saturated carbocycles. The number of rotatable bonds is 9. The number of aryl methyl sites for hydroxylation is 1. The summed E-state index contributed by atoms with van der Waals surface area (Å²) >= 11 is 0. The van der Waals surface area contributed by atoms with Gasteiger partial charge in [0.1, 0.15) is 5.75 Å². The quantitative estimate of drug-likeness (QED) is 0.720. The van der Waals surface area contributed by atoms with Crippen LogP contribution in [-0.2, 0) is 13.1 Å².